The highest BCUT2D eigenvalue weighted by Gasteiger charge is 2.24. The second kappa shape index (κ2) is 11.0. The summed E-state index contributed by atoms with van der Waals surface area (Å²) in [7, 11) is 1.66. The van der Waals surface area contributed by atoms with Crippen LogP contribution in [-0.2, 0) is 11.2 Å². The number of likely N-dealkylation sites (tertiary alicyclic amines) is 1. The second-order valence-corrected chi connectivity index (χ2v) is 9.42. The second-order valence-electron chi connectivity index (χ2n) is 8.57. The molecule has 2 aliphatic heterocycles. The van der Waals surface area contributed by atoms with Crippen LogP contribution in [0.3, 0.4) is 0 Å². The average molecular weight is 472 g/mol. The molecule has 0 aliphatic carbocycles. The van der Waals surface area contributed by atoms with E-state index in [0.29, 0.717) is 24.6 Å². The number of nitrogens with one attached hydrogen (secondary N) is 1. The minimum Gasteiger partial charge on any atom is -0.496 e. The number of piperazine rings is 1. The topological polar surface area (TPSA) is 78.0 Å². The molecule has 9 heteroatoms. The molecular formula is C24H33N5O3S. The van der Waals surface area contributed by atoms with Gasteiger partial charge in [0.25, 0.3) is 0 Å². The largest absolute Gasteiger partial charge is 0.496 e. The Morgan fingerprint density at radius 1 is 1.18 bits per heavy atom. The van der Waals surface area contributed by atoms with Gasteiger partial charge in [-0.1, -0.05) is 19.4 Å². The van der Waals surface area contributed by atoms with Crippen LogP contribution in [0.2, 0.25) is 0 Å². The first-order valence-electron chi connectivity index (χ1n) is 11.8. The molecule has 0 spiro atoms. The summed E-state index contributed by atoms with van der Waals surface area (Å²) in [5.74, 6) is 1.05. The number of hydrogen-bond donors (Lipinski definition) is 1. The van der Waals surface area contributed by atoms with Crippen LogP contribution >= 0.6 is 11.3 Å². The minimum atomic E-state index is -0.114. The quantitative estimate of drug-likeness (QED) is 0.637. The first-order chi connectivity index (χ1) is 16.1. The van der Waals surface area contributed by atoms with Gasteiger partial charge in [-0.3, -0.25) is 15.0 Å². The molecule has 1 N–H and O–H groups in total. The maximum absolute atomic E-state index is 12.8. The lowest BCUT2D eigenvalue weighted by atomic mass is 10.0. The number of thiazole rings is 1. The number of aryl methyl sites for hydroxylation is 1. The van der Waals surface area contributed by atoms with Gasteiger partial charge in [0, 0.05) is 63.2 Å². The van der Waals surface area contributed by atoms with Crippen molar-refractivity contribution < 1.29 is 14.3 Å². The summed E-state index contributed by atoms with van der Waals surface area (Å²) in [5.41, 5.74) is 3.01. The lowest BCUT2D eigenvalue weighted by Gasteiger charge is -2.35. The first kappa shape index (κ1) is 23.5. The summed E-state index contributed by atoms with van der Waals surface area (Å²) in [4.78, 5) is 35.3. The van der Waals surface area contributed by atoms with Gasteiger partial charge in [0.15, 0.2) is 5.13 Å². The van der Waals surface area contributed by atoms with E-state index in [9.17, 15) is 9.59 Å². The zero-order valence-corrected chi connectivity index (χ0v) is 20.3. The standard InChI is InChI=1S/C24H33N5O3S/c1-3-5-18-7-8-21(32-2)19(16-18)20-17-33-23(25-20)26-24(31)29-14-11-27(12-15-29)10-13-28-9-4-6-22(28)30/h7-8,16-17H,3-6,9-15H2,1-2H3,(H,25,26,31). The van der Waals surface area contributed by atoms with Gasteiger partial charge < -0.3 is 14.5 Å². The van der Waals surface area contributed by atoms with Gasteiger partial charge in [0.05, 0.1) is 12.8 Å². The number of anilines is 1. The van der Waals surface area contributed by atoms with Crippen LogP contribution in [0.1, 0.15) is 31.7 Å². The summed E-state index contributed by atoms with van der Waals surface area (Å²) in [6.07, 6.45) is 3.74. The predicted octanol–water partition coefficient (Wildman–Crippen LogP) is 3.54. The van der Waals surface area contributed by atoms with Gasteiger partial charge in [0.1, 0.15) is 5.75 Å². The van der Waals surface area contributed by atoms with Gasteiger partial charge in [-0.15, -0.1) is 11.3 Å². The van der Waals surface area contributed by atoms with Crippen molar-refractivity contribution in [3.8, 4) is 17.0 Å². The van der Waals surface area contributed by atoms with Crippen molar-refractivity contribution in [3.63, 3.8) is 0 Å². The van der Waals surface area contributed by atoms with E-state index in [4.69, 9.17) is 4.74 Å². The van der Waals surface area contributed by atoms with Crippen LogP contribution in [0.4, 0.5) is 9.93 Å². The number of ether oxygens (including phenoxy) is 1. The normalized spacial score (nSPS) is 17.0. The molecular weight excluding hydrogens is 438 g/mol. The minimum absolute atomic E-state index is 0.114. The number of methoxy groups -OCH3 is 1. The highest BCUT2D eigenvalue weighted by atomic mass is 32.1. The number of hydrogen-bond acceptors (Lipinski definition) is 6. The third-order valence-corrected chi connectivity index (χ3v) is 7.07. The predicted molar refractivity (Wildman–Crippen MR) is 131 cm³/mol. The molecule has 1 aromatic carbocycles. The van der Waals surface area contributed by atoms with Crippen molar-refractivity contribution >= 4 is 28.4 Å². The van der Waals surface area contributed by atoms with E-state index < -0.39 is 0 Å². The van der Waals surface area contributed by atoms with E-state index in [1.165, 1.54) is 16.9 Å². The zero-order valence-electron chi connectivity index (χ0n) is 19.5. The fourth-order valence-corrected chi connectivity index (χ4v) is 5.10. The summed E-state index contributed by atoms with van der Waals surface area (Å²) in [6, 6.07) is 6.08. The molecule has 0 unspecified atom stereocenters. The molecule has 178 valence electrons. The van der Waals surface area contributed by atoms with Gasteiger partial charge in [-0.2, -0.15) is 0 Å². The molecule has 33 heavy (non-hydrogen) atoms. The molecule has 2 saturated heterocycles. The Kier molecular flexibility index (Phi) is 7.82. The number of carbonyl (C=O) groups is 2. The van der Waals surface area contributed by atoms with Crippen molar-refractivity contribution in [2.24, 2.45) is 0 Å². The molecule has 4 rings (SSSR count). The van der Waals surface area contributed by atoms with E-state index in [1.54, 1.807) is 7.11 Å². The Morgan fingerprint density at radius 2 is 2.00 bits per heavy atom. The highest BCUT2D eigenvalue weighted by molar-refractivity contribution is 7.14. The van der Waals surface area contributed by atoms with Gasteiger partial charge >= 0.3 is 6.03 Å². The molecule has 0 saturated carbocycles. The summed E-state index contributed by atoms with van der Waals surface area (Å²) in [5, 5.41) is 5.51. The Bertz CT molecular complexity index is 971. The van der Waals surface area contributed by atoms with Crippen molar-refractivity contribution in [1.82, 2.24) is 19.7 Å². The van der Waals surface area contributed by atoms with E-state index in [-0.39, 0.29) is 11.9 Å². The van der Waals surface area contributed by atoms with Crippen molar-refractivity contribution in [2.45, 2.75) is 32.6 Å². The van der Waals surface area contributed by atoms with Gasteiger partial charge in [-0.25, -0.2) is 9.78 Å². The third kappa shape index (κ3) is 5.83. The summed E-state index contributed by atoms with van der Waals surface area (Å²) < 4.78 is 5.53. The van der Waals surface area contributed by atoms with Crippen molar-refractivity contribution in [1.29, 1.82) is 0 Å². The molecule has 3 heterocycles. The lowest BCUT2D eigenvalue weighted by Crippen LogP contribution is -2.51. The number of amides is 3. The van der Waals surface area contributed by atoms with Crippen LogP contribution in [0.15, 0.2) is 23.6 Å². The third-order valence-electron chi connectivity index (χ3n) is 6.31. The number of aromatic nitrogens is 1. The Hall–Kier alpha value is -2.65. The molecule has 2 aliphatic rings. The van der Waals surface area contributed by atoms with E-state index in [0.717, 1.165) is 69.0 Å². The SMILES string of the molecule is CCCc1ccc(OC)c(-c2csc(NC(=O)N3CCN(CCN4CCCC4=O)CC3)n2)c1. The van der Waals surface area contributed by atoms with Crippen molar-refractivity contribution in [2.75, 3.05) is 58.2 Å². The molecule has 2 fully saturated rings. The number of benzene rings is 1. The van der Waals surface area contributed by atoms with Crippen LogP contribution < -0.4 is 10.1 Å². The monoisotopic (exact) mass is 471 g/mol. The maximum Gasteiger partial charge on any atom is 0.323 e. The molecule has 8 nitrogen and oxygen atoms in total. The van der Waals surface area contributed by atoms with Gasteiger partial charge in [0.2, 0.25) is 5.91 Å². The zero-order chi connectivity index (χ0) is 23.2. The number of rotatable bonds is 8. The number of urea groups is 1. The molecule has 0 bridgehead atoms. The molecule has 2 aromatic rings. The molecule has 0 atom stereocenters. The maximum atomic E-state index is 12.8. The fourth-order valence-electron chi connectivity index (χ4n) is 4.40. The van der Waals surface area contributed by atoms with Crippen LogP contribution in [0.5, 0.6) is 5.75 Å². The summed E-state index contributed by atoms with van der Waals surface area (Å²) >= 11 is 1.42. The fraction of sp³-hybridized carbons (Fsp3) is 0.542. The first-order valence-corrected chi connectivity index (χ1v) is 12.6. The Balaban J connectivity index is 1.29. The van der Waals surface area contributed by atoms with Gasteiger partial charge in [-0.05, 0) is 30.5 Å². The lowest BCUT2D eigenvalue weighted by molar-refractivity contribution is -0.127. The highest BCUT2D eigenvalue weighted by Crippen LogP contribution is 2.33. The molecule has 0 radical (unpaired) electrons. The van der Waals surface area contributed by atoms with E-state index in [1.807, 2.05) is 21.2 Å². The van der Waals surface area contributed by atoms with E-state index >= 15 is 0 Å². The number of nitrogens with zero attached hydrogens (tertiary/aromatic N) is 4. The Labute approximate surface area is 199 Å². The van der Waals surface area contributed by atoms with Crippen molar-refractivity contribution in [3.05, 3.63) is 29.1 Å². The van der Waals surface area contributed by atoms with Crippen LogP contribution in [0, 0.1) is 0 Å². The smallest absolute Gasteiger partial charge is 0.323 e. The average Bonchev–Trinajstić information content (AvgIpc) is 3.47. The molecule has 3 amide bonds. The van der Waals surface area contributed by atoms with Crippen LogP contribution in [0.25, 0.3) is 11.3 Å². The van der Waals surface area contributed by atoms with Crippen LogP contribution in [-0.4, -0.2) is 84.5 Å². The van der Waals surface area contributed by atoms with E-state index in [2.05, 4.69) is 34.3 Å². The molecule has 1 aromatic heterocycles. The number of carbonyl (C=O) groups excluding carboxylic acids is 2. The Morgan fingerprint density at radius 3 is 2.70 bits per heavy atom. The summed E-state index contributed by atoms with van der Waals surface area (Å²) in [6.45, 7) is 7.68.